The van der Waals surface area contributed by atoms with Crippen LogP contribution in [0.5, 0.6) is 5.75 Å². The summed E-state index contributed by atoms with van der Waals surface area (Å²) in [5, 5.41) is 6.71. The normalized spacial score (nSPS) is 10.4. The zero-order valence-electron chi connectivity index (χ0n) is 15.3. The summed E-state index contributed by atoms with van der Waals surface area (Å²) < 4.78 is 6.58. The molecule has 0 atom stereocenters. The van der Waals surface area contributed by atoms with Crippen LogP contribution >= 0.6 is 11.6 Å². The molecule has 3 aromatic rings. The number of amides is 3. The Bertz CT molecular complexity index is 973. The number of aromatic nitrogens is 3. The summed E-state index contributed by atoms with van der Waals surface area (Å²) in [6.07, 6.45) is 4.88. The maximum absolute atomic E-state index is 12.6. The molecule has 8 nitrogen and oxygen atoms in total. The van der Waals surface area contributed by atoms with Crippen molar-refractivity contribution in [1.82, 2.24) is 20.1 Å². The molecule has 0 saturated carbocycles. The Balaban J connectivity index is 1.78. The summed E-state index contributed by atoms with van der Waals surface area (Å²) >= 11 is 6.23. The van der Waals surface area contributed by atoms with E-state index in [0.29, 0.717) is 29.2 Å². The third-order valence-corrected chi connectivity index (χ3v) is 4.26. The molecule has 0 bridgehead atoms. The highest BCUT2D eigenvalue weighted by Gasteiger charge is 2.22. The van der Waals surface area contributed by atoms with Crippen LogP contribution in [0.3, 0.4) is 0 Å². The number of anilines is 1. The summed E-state index contributed by atoms with van der Waals surface area (Å²) in [6, 6.07) is 9.41. The van der Waals surface area contributed by atoms with E-state index in [9.17, 15) is 9.59 Å². The smallest absolute Gasteiger partial charge is 0.328 e. The number of imide groups is 1. The molecule has 2 heterocycles. The van der Waals surface area contributed by atoms with Crippen molar-refractivity contribution in [1.29, 1.82) is 0 Å². The predicted molar refractivity (Wildman–Crippen MR) is 105 cm³/mol. The number of pyridine rings is 1. The molecule has 0 unspecified atom stereocenters. The molecule has 9 heteroatoms. The number of halogens is 1. The predicted octanol–water partition coefficient (Wildman–Crippen LogP) is 3.31. The summed E-state index contributed by atoms with van der Waals surface area (Å²) in [7, 11) is 1.53. The molecule has 1 aromatic carbocycles. The van der Waals surface area contributed by atoms with Crippen molar-refractivity contribution >= 4 is 29.2 Å². The molecule has 0 spiro atoms. The minimum Gasteiger partial charge on any atom is -0.497 e. The number of nitrogens with one attached hydrogen (secondary N) is 1. The molecule has 0 radical (unpaired) electrons. The van der Waals surface area contributed by atoms with Crippen molar-refractivity contribution in [2.75, 3.05) is 18.6 Å². The number of carbonyl (C=O) groups is 2. The molecular weight excluding hydrogens is 382 g/mol. The van der Waals surface area contributed by atoms with E-state index in [2.05, 4.69) is 15.4 Å². The van der Waals surface area contributed by atoms with E-state index in [1.165, 1.54) is 16.7 Å². The van der Waals surface area contributed by atoms with Gasteiger partial charge in [0.15, 0.2) is 5.15 Å². The zero-order chi connectivity index (χ0) is 20.1. The van der Waals surface area contributed by atoms with E-state index in [1.54, 1.807) is 55.8 Å². The molecule has 0 saturated heterocycles. The highest BCUT2D eigenvalue weighted by atomic mass is 35.5. The Morgan fingerprint density at radius 3 is 2.61 bits per heavy atom. The number of carbonyl (C=O) groups excluding carboxylic acids is 2. The second-order valence-electron chi connectivity index (χ2n) is 5.69. The van der Waals surface area contributed by atoms with Crippen LogP contribution < -0.4 is 15.0 Å². The fourth-order valence-corrected chi connectivity index (χ4v) is 2.78. The summed E-state index contributed by atoms with van der Waals surface area (Å²) in [4.78, 5) is 30.4. The molecular formula is C19H18ClN5O3. The van der Waals surface area contributed by atoms with Crippen molar-refractivity contribution in [3.8, 4) is 11.4 Å². The van der Waals surface area contributed by atoms with Crippen LogP contribution in [-0.2, 0) is 0 Å². The van der Waals surface area contributed by atoms with E-state index < -0.39 is 11.9 Å². The molecule has 0 aliphatic rings. The number of hydrogen-bond acceptors (Lipinski definition) is 5. The Morgan fingerprint density at radius 2 is 2.00 bits per heavy atom. The fraction of sp³-hybridized carbons (Fsp3) is 0.158. The summed E-state index contributed by atoms with van der Waals surface area (Å²) in [5.41, 5.74) is 1.41. The van der Waals surface area contributed by atoms with Gasteiger partial charge in [-0.05, 0) is 43.3 Å². The maximum atomic E-state index is 12.6. The fourth-order valence-electron chi connectivity index (χ4n) is 2.55. The first-order valence-electron chi connectivity index (χ1n) is 8.46. The van der Waals surface area contributed by atoms with Gasteiger partial charge < -0.3 is 4.74 Å². The lowest BCUT2D eigenvalue weighted by molar-refractivity contribution is 0.0965. The second kappa shape index (κ2) is 8.53. The lowest BCUT2D eigenvalue weighted by Gasteiger charge is -2.19. The Hall–Kier alpha value is -3.39. The molecule has 1 N–H and O–H groups in total. The first kappa shape index (κ1) is 19.4. The number of methoxy groups -OCH3 is 1. The molecule has 3 rings (SSSR count). The number of benzene rings is 1. The Morgan fingerprint density at radius 1 is 1.25 bits per heavy atom. The van der Waals surface area contributed by atoms with Crippen molar-refractivity contribution in [3.05, 3.63) is 65.7 Å². The van der Waals surface area contributed by atoms with Crippen molar-refractivity contribution in [3.63, 3.8) is 0 Å². The molecule has 144 valence electrons. The van der Waals surface area contributed by atoms with Crippen LogP contribution in [0.1, 0.15) is 17.3 Å². The molecule has 0 aliphatic heterocycles. The minimum absolute atomic E-state index is 0.137. The van der Waals surface area contributed by atoms with Gasteiger partial charge in [-0.15, -0.1) is 0 Å². The quantitative estimate of drug-likeness (QED) is 0.711. The number of ether oxygens (including phenoxy) is 1. The molecule has 3 amide bonds. The SMILES string of the molecule is CCN(C(=O)NC(=O)c1ccc(OC)cc1)c1cn(-c2cccnc2)nc1Cl. The van der Waals surface area contributed by atoms with Gasteiger partial charge in [0, 0.05) is 18.3 Å². The van der Waals surface area contributed by atoms with Crippen LogP contribution in [0.25, 0.3) is 5.69 Å². The largest absolute Gasteiger partial charge is 0.497 e. The monoisotopic (exact) mass is 399 g/mol. The van der Waals surface area contributed by atoms with Crippen LogP contribution in [0.15, 0.2) is 55.0 Å². The topological polar surface area (TPSA) is 89.4 Å². The minimum atomic E-state index is -0.601. The van der Waals surface area contributed by atoms with Crippen molar-refractivity contribution in [2.45, 2.75) is 6.92 Å². The highest BCUT2D eigenvalue weighted by Crippen LogP contribution is 2.26. The lowest BCUT2D eigenvalue weighted by Crippen LogP contribution is -2.43. The number of urea groups is 1. The average molecular weight is 400 g/mol. The third-order valence-electron chi connectivity index (χ3n) is 3.99. The highest BCUT2D eigenvalue weighted by molar-refractivity contribution is 6.32. The first-order chi connectivity index (χ1) is 13.5. The number of rotatable bonds is 5. The first-order valence-corrected chi connectivity index (χ1v) is 8.83. The van der Waals surface area contributed by atoms with Crippen LogP contribution in [-0.4, -0.2) is 40.4 Å². The van der Waals surface area contributed by atoms with E-state index in [0.717, 1.165) is 0 Å². The molecule has 28 heavy (non-hydrogen) atoms. The van der Waals surface area contributed by atoms with Crippen LogP contribution in [0.2, 0.25) is 5.15 Å². The van der Waals surface area contributed by atoms with E-state index in [4.69, 9.17) is 16.3 Å². The van der Waals surface area contributed by atoms with Gasteiger partial charge in [-0.25, -0.2) is 9.48 Å². The second-order valence-corrected chi connectivity index (χ2v) is 6.05. The van der Waals surface area contributed by atoms with Gasteiger partial charge in [0.1, 0.15) is 11.4 Å². The Kier molecular flexibility index (Phi) is 5.90. The third kappa shape index (κ3) is 4.12. The van der Waals surface area contributed by atoms with Crippen LogP contribution in [0, 0.1) is 0 Å². The van der Waals surface area contributed by atoms with E-state index in [-0.39, 0.29) is 5.15 Å². The van der Waals surface area contributed by atoms with Gasteiger partial charge in [0.2, 0.25) is 0 Å². The standard InChI is InChI=1S/C19H18ClN5O3/c1-3-24(16-12-25(23-17(16)20)14-5-4-10-21-11-14)19(27)22-18(26)13-6-8-15(28-2)9-7-13/h4-12H,3H2,1-2H3,(H,22,26,27). The van der Waals surface area contributed by atoms with Gasteiger partial charge in [0.05, 0.1) is 25.2 Å². The number of nitrogens with zero attached hydrogens (tertiary/aromatic N) is 4. The van der Waals surface area contributed by atoms with Gasteiger partial charge in [-0.3, -0.25) is 20.0 Å². The number of hydrogen-bond donors (Lipinski definition) is 1. The van der Waals surface area contributed by atoms with Crippen molar-refractivity contribution in [2.24, 2.45) is 0 Å². The summed E-state index contributed by atoms with van der Waals surface area (Å²) in [6.45, 7) is 2.06. The van der Waals surface area contributed by atoms with Gasteiger partial charge in [0.25, 0.3) is 5.91 Å². The molecule has 0 aliphatic carbocycles. The summed E-state index contributed by atoms with van der Waals surface area (Å²) in [5.74, 6) is 0.0922. The van der Waals surface area contributed by atoms with Crippen molar-refractivity contribution < 1.29 is 14.3 Å². The van der Waals surface area contributed by atoms with Gasteiger partial charge >= 0.3 is 6.03 Å². The molecule has 0 fully saturated rings. The maximum Gasteiger partial charge on any atom is 0.328 e. The average Bonchev–Trinajstić information content (AvgIpc) is 3.10. The molecule has 2 aromatic heterocycles. The Labute approximate surface area is 166 Å². The van der Waals surface area contributed by atoms with E-state index >= 15 is 0 Å². The van der Waals surface area contributed by atoms with E-state index in [1.807, 2.05) is 6.07 Å². The van der Waals surface area contributed by atoms with Gasteiger partial charge in [-0.2, -0.15) is 5.10 Å². The van der Waals surface area contributed by atoms with Crippen LogP contribution in [0.4, 0.5) is 10.5 Å². The zero-order valence-corrected chi connectivity index (χ0v) is 16.1. The van der Waals surface area contributed by atoms with Gasteiger partial charge in [-0.1, -0.05) is 11.6 Å². The lowest BCUT2D eigenvalue weighted by atomic mass is 10.2.